The summed E-state index contributed by atoms with van der Waals surface area (Å²) in [6, 6.07) is 0. The third kappa shape index (κ3) is 104. The molecule has 0 fully saturated rings. The van der Waals surface area contributed by atoms with Crippen LogP contribution in [0.15, 0.2) is 0 Å². The van der Waals surface area contributed by atoms with E-state index in [2.05, 4.69) is 6.92 Å². The van der Waals surface area contributed by atoms with Crippen molar-refractivity contribution in [3.05, 3.63) is 5.92 Å². The molecule has 0 saturated heterocycles. The smallest absolute Gasteiger partial charge is 0.138 e. The molecule has 0 bridgehead atoms. The molecule has 0 heterocycles. The Morgan fingerprint density at radius 1 is 0.226 bits per heavy atom. The van der Waals surface area contributed by atoms with Gasteiger partial charge in [0.25, 0.3) is 0 Å². The van der Waals surface area contributed by atoms with Crippen molar-refractivity contribution in [1.29, 1.82) is 0 Å². The molecular formula is C84H209O21W-. The molecule has 0 aliphatic heterocycles. The zero-order valence-electron chi connectivity index (χ0n) is 61.9. The van der Waals surface area contributed by atoms with Crippen molar-refractivity contribution in [1.82, 2.24) is 0 Å². The molecule has 0 radical (unpaired) electrons. The van der Waals surface area contributed by atoms with E-state index in [9.17, 15) is 0 Å². The van der Waals surface area contributed by atoms with Gasteiger partial charge in [0, 0.05) is 171 Å². The van der Waals surface area contributed by atoms with E-state index in [4.69, 9.17) is 99.5 Å². The van der Waals surface area contributed by atoms with Crippen molar-refractivity contribution in [2.24, 2.45) is 16.2 Å². The van der Waals surface area contributed by atoms with Crippen molar-refractivity contribution in [2.75, 3.05) is 258 Å². The van der Waals surface area contributed by atoms with Gasteiger partial charge in [0.15, 0.2) is 0 Å². The van der Waals surface area contributed by atoms with Gasteiger partial charge >= 0.3 is 0 Å². The number of hydrogen-bond acceptors (Lipinski definition) is 21. The van der Waals surface area contributed by atoms with E-state index < -0.39 is 5.60 Å². The number of hydrogen-bond donors (Lipinski definition) is 0. The minimum atomic E-state index is -0.628. The van der Waals surface area contributed by atoms with E-state index >= 15 is 0 Å². The van der Waals surface area contributed by atoms with E-state index in [1.54, 1.807) is 0 Å². The van der Waals surface area contributed by atoms with Gasteiger partial charge in [0.05, 0.1) is 105 Å². The first-order valence-corrected chi connectivity index (χ1v) is 34.2. The van der Waals surface area contributed by atoms with Crippen molar-refractivity contribution in [3.8, 4) is 0 Å². The average molecular weight is 1740 g/mol. The first-order valence-electron chi connectivity index (χ1n) is 34.2. The Bertz CT molecular complexity index is 1140. The normalized spacial score (nSPS) is 10.6. The van der Waals surface area contributed by atoms with E-state index in [0.29, 0.717) is 218 Å². The molecular weight excluding hydrogens is 1530 g/mol. The molecule has 0 aromatic heterocycles. The van der Waals surface area contributed by atoms with Crippen LogP contribution in [-0.2, 0) is 121 Å². The molecule has 0 rings (SSSR count). The molecule has 0 N–H and O–H groups in total. The van der Waals surface area contributed by atoms with Crippen LogP contribution in [0.2, 0.25) is 0 Å². The Morgan fingerprint density at radius 3 is 0.613 bits per heavy atom. The predicted molar refractivity (Wildman–Crippen MR) is 465 cm³/mol. The van der Waals surface area contributed by atoms with Gasteiger partial charge in [-0.2, -0.15) is 0 Å². The molecule has 0 spiro atoms. The fourth-order valence-corrected chi connectivity index (χ4v) is 7.88. The van der Waals surface area contributed by atoms with Crippen molar-refractivity contribution in [3.63, 3.8) is 0 Å². The van der Waals surface area contributed by atoms with Gasteiger partial charge in [-0.3, -0.25) is 0 Å². The van der Waals surface area contributed by atoms with Gasteiger partial charge in [-0.15, -0.1) is 0 Å². The van der Waals surface area contributed by atoms with E-state index in [0.717, 1.165) is 46.1 Å². The fourth-order valence-electron chi connectivity index (χ4n) is 7.88. The Morgan fingerprint density at radius 2 is 0.415 bits per heavy atom. The summed E-state index contributed by atoms with van der Waals surface area (Å²) in [7, 11) is 0. The molecule has 2 unspecified atom stereocenters. The molecule has 21 nitrogen and oxygen atoms in total. The first-order chi connectivity index (χ1) is 43.1. The summed E-state index contributed by atoms with van der Waals surface area (Å²) in [5.41, 5.74) is -1.08. The molecule has 0 aromatic carbocycles. The number of ether oxygens (including phenoxy) is 21. The summed E-state index contributed by atoms with van der Waals surface area (Å²) in [4.78, 5) is 0. The van der Waals surface area contributed by atoms with Gasteiger partial charge in [0.2, 0.25) is 0 Å². The second-order valence-electron chi connectivity index (χ2n) is 20.8. The van der Waals surface area contributed by atoms with Crippen LogP contribution >= 0.6 is 0 Å². The minimum Gasteiger partial charge on any atom is -0.413 e. The van der Waals surface area contributed by atoms with E-state index in [1.165, 1.54) is 5.92 Å². The molecule has 0 amide bonds. The van der Waals surface area contributed by atoms with E-state index in [-0.39, 0.29) is 168 Å². The molecule has 0 aliphatic rings. The van der Waals surface area contributed by atoms with Gasteiger partial charge in [-0.1, -0.05) is 146 Å². The topological polar surface area (TPSA) is 194 Å². The average Bonchev–Trinajstić information content (AvgIpc) is 0.857. The Labute approximate surface area is 685 Å². The van der Waals surface area contributed by atoms with Crippen LogP contribution in [0, 0.1) is 22.2 Å². The Hall–Kier alpha value is -0.152. The number of rotatable bonds is 63. The standard InChI is InChI=1S/C22H46O7.C13H28O4.C12H26O4.C11H24O3.C10H21O3.16CH4.W/c1-7-23-15-21(16-24-8-2,17-25-9-3)13-14-29-22(18-26-10-4,19-27-11-5)20-28-12-6;1-5-14-9-13(10-15-6-2,11-16-7-3)12-17-8-4;1-5-13-9-11(15-7-3)12(16-8-4)10-14-6-2;1-5-12-8-11(4,9-13-6-2)10-14-7-3;1-4-11-7-10(8-12-5-2)9-13-6-3;;;;;;;;;;;;;;;;;/h7-20H2,1-6H3;5-12H2,1-4H3;11-12H,5-10H2,1-4H3;5-10H2,1-4H3;4-9H2,1-3H3;16*1H4;/q;;;;-1;;;;;;;;;;;;;;;;;. The van der Waals surface area contributed by atoms with Gasteiger partial charge in [-0.25, -0.2) is 5.92 Å². The van der Waals surface area contributed by atoms with Gasteiger partial charge in [0.1, 0.15) is 17.8 Å². The van der Waals surface area contributed by atoms with E-state index in [1.807, 2.05) is 138 Å². The maximum atomic E-state index is 6.39. The molecule has 678 valence electrons. The Kier molecular flexibility index (Phi) is 200. The molecule has 22 heteroatoms. The third-order valence-corrected chi connectivity index (χ3v) is 12.7. The molecule has 0 saturated carbocycles. The fraction of sp³-hybridized carbons (Fsp3) is 0.988. The molecule has 2 atom stereocenters. The van der Waals surface area contributed by atoms with Crippen LogP contribution in [0.3, 0.4) is 0 Å². The van der Waals surface area contributed by atoms with Crippen LogP contribution in [0.5, 0.6) is 0 Å². The molecule has 0 aliphatic carbocycles. The van der Waals surface area contributed by atoms with Crippen LogP contribution in [0.4, 0.5) is 0 Å². The van der Waals surface area contributed by atoms with Crippen molar-refractivity contribution >= 4 is 0 Å². The summed E-state index contributed by atoms with van der Waals surface area (Å²) >= 11 is 0. The Balaban J connectivity index is -0.0000000412. The monoisotopic (exact) mass is 1740 g/mol. The third-order valence-electron chi connectivity index (χ3n) is 12.7. The maximum absolute atomic E-state index is 6.39. The largest absolute Gasteiger partial charge is 0.413 e. The minimum absolute atomic E-state index is 0. The second-order valence-corrected chi connectivity index (χ2v) is 20.8. The maximum Gasteiger partial charge on any atom is 0.138 e. The van der Waals surface area contributed by atoms with Crippen LogP contribution in [0.1, 0.15) is 271 Å². The predicted octanol–water partition coefficient (Wildman–Crippen LogP) is 21.3. The second kappa shape index (κ2) is 128. The van der Waals surface area contributed by atoms with Crippen molar-refractivity contribution in [2.45, 2.75) is 288 Å². The van der Waals surface area contributed by atoms with Crippen LogP contribution in [-0.4, -0.2) is 275 Å². The first kappa shape index (κ1) is 166. The van der Waals surface area contributed by atoms with Crippen molar-refractivity contribution < 1.29 is 121 Å². The van der Waals surface area contributed by atoms with Gasteiger partial charge in [-0.05, 0) is 145 Å². The SMILES string of the molecule is C.C.C.C.C.C.C.C.C.C.C.C.C.C.C.C.CCOCC(C)(COCC)COCC.CCOCC(CCOC(COCC)(COCC)COCC)(COCC)COCC.CCOCC(COCC)(COCC)COCC.CCOCC(OCC)C(COCC)OCC.CCOC[C-](COCC)COCC.[W]. The molecule has 106 heavy (non-hydrogen) atoms. The summed E-state index contributed by atoms with van der Waals surface area (Å²) in [6.45, 7) is 66.8. The summed E-state index contributed by atoms with van der Waals surface area (Å²) in [5.74, 6) is 1.17. The molecule has 0 aromatic rings. The summed E-state index contributed by atoms with van der Waals surface area (Å²) < 4.78 is 117. The van der Waals surface area contributed by atoms with Gasteiger partial charge < -0.3 is 99.5 Å². The zero-order chi connectivity index (χ0) is 67.9. The zero-order valence-corrected chi connectivity index (χ0v) is 64.9. The summed E-state index contributed by atoms with van der Waals surface area (Å²) in [6.07, 6.45) is 0.659. The quantitative estimate of drug-likeness (QED) is 0.0521. The van der Waals surface area contributed by atoms with Crippen LogP contribution < -0.4 is 0 Å². The summed E-state index contributed by atoms with van der Waals surface area (Å²) in [5, 5.41) is 0. The van der Waals surface area contributed by atoms with Crippen LogP contribution in [0.25, 0.3) is 0 Å².